The Hall–Kier alpha value is -2.60. The number of esters is 1. The van der Waals surface area contributed by atoms with Gasteiger partial charge in [-0.25, -0.2) is 4.79 Å². The van der Waals surface area contributed by atoms with Crippen molar-refractivity contribution in [3.05, 3.63) is 64.3 Å². The lowest BCUT2D eigenvalue weighted by molar-refractivity contribution is -0.140. The largest absolute Gasteiger partial charge is 0.451 e. The molecule has 1 N–H and O–H groups in total. The summed E-state index contributed by atoms with van der Waals surface area (Å²) in [5.41, 5.74) is 2.02. The molecule has 0 amide bonds. The van der Waals surface area contributed by atoms with Gasteiger partial charge in [-0.1, -0.05) is 30.0 Å². The summed E-state index contributed by atoms with van der Waals surface area (Å²) in [5.74, 6) is -1.07. The number of nitrogens with one attached hydrogen (secondary N) is 1. The molecule has 0 aliphatic rings. The lowest BCUT2D eigenvalue weighted by Crippen LogP contribution is -2.24. The van der Waals surface area contributed by atoms with Crippen LogP contribution in [0, 0.1) is 13.8 Å². The first-order chi connectivity index (χ1) is 12.3. The van der Waals surface area contributed by atoms with E-state index in [0.29, 0.717) is 22.5 Å². The van der Waals surface area contributed by atoms with Gasteiger partial charge in [0.15, 0.2) is 11.9 Å². The SMILES string of the molecule is CC(=O)c1c(C)[nH]c(C(=O)[C@H](C)OC(=O)/C=C/Sc2ccccc2)c1C. The van der Waals surface area contributed by atoms with Crippen LogP contribution in [0.25, 0.3) is 0 Å². The number of hydrogen-bond acceptors (Lipinski definition) is 5. The molecule has 136 valence electrons. The van der Waals surface area contributed by atoms with E-state index < -0.39 is 12.1 Å². The first kappa shape index (κ1) is 19.7. The Morgan fingerprint density at radius 2 is 1.81 bits per heavy atom. The lowest BCUT2D eigenvalue weighted by Gasteiger charge is -2.10. The normalized spacial score (nSPS) is 12.2. The molecule has 1 aromatic carbocycles. The van der Waals surface area contributed by atoms with Gasteiger partial charge in [0.05, 0.1) is 5.69 Å². The van der Waals surface area contributed by atoms with Crippen LogP contribution in [0.15, 0.2) is 46.7 Å². The summed E-state index contributed by atoms with van der Waals surface area (Å²) in [4.78, 5) is 40.0. The van der Waals surface area contributed by atoms with Crippen molar-refractivity contribution < 1.29 is 19.1 Å². The monoisotopic (exact) mass is 371 g/mol. The fourth-order valence-electron chi connectivity index (χ4n) is 2.66. The van der Waals surface area contributed by atoms with Gasteiger partial charge in [0.2, 0.25) is 5.78 Å². The molecular weight excluding hydrogens is 350 g/mol. The number of Topliss-reactive ketones (excluding diaryl/α,β-unsaturated/α-hetero) is 2. The molecule has 2 rings (SSSR count). The van der Waals surface area contributed by atoms with Crippen LogP contribution >= 0.6 is 11.8 Å². The van der Waals surface area contributed by atoms with Crippen LogP contribution in [-0.4, -0.2) is 28.6 Å². The molecule has 0 unspecified atom stereocenters. The van der Waals surface area contributed by atoms with E-state index in [0.717, 1.165) is 4.90 Å². The van der Waals surface area contributed by atoms with E-state index in [-0.39, 0.29) is 11.6 Å². The van der Waals surface area contributed by atoms with E-state index in [9.17, 15) is 14.4 Å². The number of ketones is 2. The van der Waals surface area contributed by atoms with Crippen LogP contribution in [0.4, 0.5) is 0 Å². The Balaban J connectivity index is 1.99. The molecule has 0 saturated heterocycles. The van der Waals surface area contributed by atoms with Gasteiger partial charge in [-0.3, -0.25) is 9.59 Å². The number of ether oxygens (including phenoxy) is 1. The predicted molar refractivity (Wildman–Crippen MR) is 102 cm³/mol. The van der Waals surface area contributed by atoms with Gasteiger partial charge in [0.1, 0.15) is 0 Å². The topological polar surface area (TPSA) is 76.2 Å². The number of aryl methyl sites for hydroxylation is 1. The highest BCUT2D eigenvalue weighted by molar-refractivity contribution is 8.02. The smallest absolute Gasteiger partial charge is 0.331 e. The van der Waals surface area contributed by atoms with Crippen molar-refractivity contribution in [2.45, 2.75) is 38.7 Å². The Kier molecular flexibility index (Phi) is 6.58. The van der Waals surface area contributed by atoms with Crippen molar-refractivity contribution in [2.24, 2.45) is 0 Å². The molecule has 6 heteroatoms. The molecule has 0 aliphatic carbocycles. The third-order valence-electron chi connectivity index (χ3n) is 3.85. The molecule has 0 aliphatic heterocycles. The minimum absolute atomic E-state index is 0.110. The summed E-state index contributed by atoms with van der Waals surface area (Å²) in [7, 11) is 0. The van der Waals surface area contributed by atoms with Gasteiger partial charge in [0.25, 0.3) is 0 Å². The minimum Gasteiger partial charge on any atom is -0.451 e. The summed E-state index contributed by atoms with van der Waals surface area (Å²) >= 11 is 1.38. The van der Waals surface area contributed by atoms with E-state index in [2.05, 4.69) is 4.98 Å². The van der Waals surface area contributed by atoms with Gasteiger partial charge in [-0.15, -0.1) is 0 Å². The number of aromatic amines is 1. The maximum atomic E-state index is 12.5. The first-order valence-electron chi connectivity index (χ1n) is 8.14. The van der Waals surface area contributed by atoms with E-state index >= 15 is 0 Å². The van der Waals surface area contributed by atoms with Crippen molar-refractivity contribution >= 4 is 29.3 Å². The van der Waals surface area contributed by atoms with E-state index in [4.69, 9.17) is 4.74 Å². The molecule has 0 fully saturated rings. The summed E-state index contributed by atoms with van der Waals surface area (Å²) in [6.45, 7) is 6.41. The lowest BCUT2D eigenvalue weighted by atomic mass is 10.0. The second-order valence-corrected chi connectivity index (χ2v) is 6.84. The maximum absolute atomic E-state index is 12.5. The Morgan fingerprint density at radius 3 is 2.38 bits per heavy atom. The number of benzene rings is 1. The highest BCUT2D eigenvalue weighted by Crippen LogP contribution is 2.21. The summed E-state index contributed by atoms with van der Waals surface area (Å²) in [6.07, 6.45) is 0.334. The van der Waals surface area contributed by atoms with Crippen molar-refractivity contribution in [3.8, 4) is 0 Å². The summed E-state index contributed by atoms with van der Waals surface area (Å²) < 4.78 is 5.18. The number of rotatable bonds is 7. The molecular formula is C20H21NO4S. The van der Waals surface area contributed by atoms with Crippen LogP contribution in [0.1, 0.15) is 46.0 Å². The molecule has 1 atom stereocenters. The van der Waals surface area contributed by atoms with Gasteiger partial charge >= 0.3 is 5.97 Å². The standard InChI is InChI=1S/C20H21NO4S/c1-12-18(14(3)22)13(2)21-19(12)20(24)15(4)25-17(23)10-11-26-16-8-6-5-7-9-16/h5-11,15,21H,1-4H3/b11-10+/t15-/m0/s1. The van der Waals surface area contributed by atoms with Gasteiger partial charge in [-0.2, -0.15) is 0 Å². The second kappa shape index (κ2) is 8.67. The average Bonchev–Trinajstić information content (AvgIpc) is 2.89. The highest BCUT2D eigenvalue weighted by atomic mass is 32.2. The van der Waals surface area contributed by atoms with Gasteiger partial charge in [0, 0.05) is 22.2 Å². The van der Waals surface area contributed by atoms with E-state index in [1.165, 1.54) is 31.7 Å². The molecule has 26 heavy (non-hydrogen) atoms. The maximum Gasteiger partial charge on any atom is 0.331 e. The van der Waals surface area contributed by atoms with Crippen LogP contribution in [0.3, 0.4) is 0 Å². The Morgan fingerprint density at radius 1 is 1.15 bits per heavy atom. The van der Waals surface area contributed by atoms with Crippen LogP contribution in [0.5, 0.6) is 0 Å². The Labute approximate surface area is 156 Å². The van der Waals surface area contributed by atoms with Crippen molar-refractivity contribution in [3.63, 3.8) is 0 Å². The molecule has 1 heterocycles. The number of aromatic nitrogens is 1. The van der Waals surface area contributed by atoms with Gasteiger partial charge < -0.3 is 9.72 Å². The highest BCUT2D eigenvalue weighted by Gasteiger charge is 2.25. The molecule has 0 saturated carbocycles. The van der Waals surface area contributed by atoms with Crippen molar-refractivity contribution in [2.75, 3.05) is 0 Å². The number of thioether (sulfide) groups is 1. The van der Waals surface area contributed by atoms with Gasteiger partial charge in [-0.05, 0) is 50.8 Å². The second-order valence-electron chi connectivity index (χ2n) is 5.86. The van der Waals surface area contributed by atoms with Crippen LogP contribution in [0.2, 0.25) is 0 Å². The average molecular weight is 371 g/mol. The number of hydrogen-bond donors (Lipinski definition) is 1. The molecule has 0 radical (unpaired) electrons. The summed E-state index contributed by atoms with van der Waals surface area (Å²) in [5, 5.41) is 1.62. The van der Waals surface area contributed by atoms with Crippen molar-refractivity contribution in [1.82, 2.24) is 4.98 Å². The quantitative estimate of drug-likeness (QED) is 0.341. The fraction of sp³-hybridized carbons (Fsp3) is 0.250. The van der Waals surface area contributed by atoms with Crippen LogP contribution in [-0.2, 0) is 9.53 Å². The zero-order valence-corrected chi connectivity index (χ0v) is 16.0. The zero-order valence-electron chi connectivity index (χ0n) is 15.2. The van der Waals surface area contributed by atoms with E-state index in [1.807, 2.05) is 30.3 Å². The third-order valence-corrected chi connectivity index (χ3v) is 4.67. The summed E-state index contributed by atoms with van der Waals surface area (Å²) in [6, 6.07) is 9.58. The Bertz CT molecular complexity index is 852. The minimum atomic E-state index is -0.953. The number of H-pyrrole nitrogens is 1. The van der Waals surface area contributed by atoms with Crippen LogP contribution < -0.4 is 0 Å². The molecule has 2 aromatic rings. The molecule has 1 aromatic heterocycles. The van der Waals surface area contributed by atoms with E-state index in [1.54, 1.807) is 19.3 Å². The molecule has 0 spiro atoms. The number of carbonyl (C=O) groups excluding carboxylic acids is 3. The number of carbonyl (C=O) groups is 3. The zero-order chi connectivity index (χ0) is 19.3. The van der Waals surface area contributed by atoms with Crippen molar-refractivity contribution in [1.29, 1.82) is 0 Å². The molecule has 0 bridgehead atoms. The molecule has 5 nitrogen and oxygen atoms in total. The first-order valence-corrected chi connectivity index (χ1v) is 9.02. The predicted octanol–water partition coefficient (Wildman–Crippen LogP) is 4.25. The fourth-order valence-corrected chi connectivity index (χ4v) is 3.31. The third kappa shape index (κ3) is 4.73.